The first kappa shape index (κ1) is 26.1. The molecule has 0 saturated heterocycles. The van der Waals surface area contributed by atoms with Gasteiger partial charge in [-0.25, -0.2) is 15.0 Å². The Balaban J connectivity index is 1.25. The van der Waals surface area contributed by atoms with Crippen LogP contribution in [0.4, 0.5) is 17.1 Å². The van der Waals surface area contributed by atoms with E-state index in [9.17, 15) is 0 Å². The van der Waals surface area contributed by atoms with Crippen LogP contribution in [0.15, 0.2) is 164 Å². The fourth-order valence-electron chi connectivity index (χ4n) is 6.43. The Labute approximate surface area is 266 Å². The van der Waals surface area contributed by atoms with Gasteiger partial charge in [0.15, 0.2) is 5.82 Å². The molecule has 0 atom stereocenters. The van der Waals surface area contributed by atoms with Crippen LogP contribution >= 0.6 is 0 Å². The summed E-state index contributed by atoms with van der Waals surface area (Å²) in [6.07, 6.45) is 0. The van der Waals surface area contributed by atoms with Crippen LogP contribution in [0.5, 0.6) is 0 Å². The highest BCUT2D eigenvalue weighted by molar-refractivity contribution is 5.96. The summed E-state index contributed by atoms with van der Waals surface area (Å²) in [6, 6.07) is 56.6. The molecule has 6 aromatic carbocycles. The van der Waals surface area contributed by atoms with Crippen molar-refractivity contribution in [3.63, 3.8) is 0 Å². The molecule has 46 heavy (non-hydrogen) atoms. The van der Waals surface area contributed by atoms with Crippen molar-refractivity contribution >= 4 is 28.1 Å². The van der Waals surface area contributed by atoms with Crippen molar-refractivity contribution in [3.05, 3.63) is 164 Å². The average molecular weight is 590 g/mol. The Morgan fingerprint density at radius 1 is 0.413 bits per heavy atom. The molecule has 0 bridgehead atoms. The third-order valence-electron chi connectivity index (χ3n) is 8.54. The number of nitrogens with zero attached hydrogens (tertiary/aromatic N) is 5. The summed E-state index contributed by atoms with van der Waals surface area (Å²) >= 11 is 0. The Morgan fingerprint density at radius 3 is 1.74 bits per heavy atom. The van der Waals surface area contributed by atoms with Crippen molar-refractivity contribution in [2.45, 2.75) is 0 Å². The van der Waals surface area contributed by atoms with Gasteiger partial charge in [-0.15, -0.1) is 0 Å². The predicted octanol–water partition coefficient (Wildman–Crippen LogP) is 10.3. The first-order chi connectivity index (χ1) is 22.8. The quantitative estimate of drug-likeness (QED) is 0.205. The van der Waals surface area contributed by atoms with E-state index in [0.717, 1.165) is 73.2 Å². The number of aromatic nitrogens is 4. The third-order valence-corrected chi connectivity index (χ3v) is 8.54. The Bertz CT molecular complexity index is 2320. The molecular weight excluding hydrogens is 562 g/mol. The number of fused-ring (bicyclic) bond motifs is 7. The van der Waals surface area contributed by atoms with E-state index in [1.807, 2.05) is 42.5 Å². The molecule has 2 aromatic heterocycles. The molecule has 0 fully saturated rings. The number of para-hydroxylation sites is 5. The molecule has 0 N–H and O–H groups in total. The molecule has 1 aliphatic heterocycles. The summed E-state index contributed by atoms with van der Waals surface area (Å²) < 4.78 is 2.28. The van der Waals surface area contributed by atoms with Crippen molar-refractivity contribution in [3.8, 4) is 51.0 Å². The van der Waals surface area contributed by atoms with Crippen LogP contribution < -0.4 is 4.90 Å². The van der Waals surface area contributed by atoms with Crippen LogP contribution in [-0.2, 0) is 0 Å². The first-order valence-electron chi connectivity index (χ1n) is 15.4. The largest absolute Gasteiger partial charge is 0.308 e. The highest BCUT2D eigenvalue weighted by Crippen LogP contribution is 2.48. The van der Waals surface area contributed by atoms with Crippen molar-refractivity contribution in [1.29, 1.82) is 0 Å². The molecule has 0 aliphatic carbocycles. The minimum absolute atomic E-state index is 0.678. The highest BCUT2D eigenvalue weighted by Gasteiger charge is 2.28. The normalized spacial score (nSPS) is 11.9. The summed E-state index contributed by atoms with van der Waals surface area (Å²) in [5.74, 6) is 1.60. The fraction of sp³-hybridized carbons (Fsp3) is 0. The second kappa shape index (κ2) is 10.7. The Kier molecular flexibility index (Phi) is 6.06. The molecule has 0 unspecified atom stereocenters. The predicted molar refractivity (Wildman–Crippen MR) is 187 cm³/mol. The molecular formula is C41H27N5. The van der Waals surface area contributed by atoms with Crippen molar-refractivity contribution in [1.82, 2.24) is 19.5 Å². The molecule has 8 aromatic rings. The molecule has 0 saturated carbocycles. The maximum atomic E-state index is 5.14. The van der Waals surface area contributed by atoms with Crippen LogP contribution in [0.1, 0.15) is 0 Å². The van der Waals surface area contributed by atoms with Gasteiger partial charge < -0.3 is 4.90 Å². The average Bonchev–Trinajstić information content (AvgIpc) is 3.47. The molecule has 0 spiro atoms. The summed E-state index contributed by atoms with van der Waals surface area (Å²) in [6.45, 7) is 0. The standard InChI is InChI=1S/C41H27N5/c1-3-14-28(15-4-1)34-27-35(29-16-5-2-6-17-29)43-40(42-34)30-18-13-19-31(26-30)45-36-22-9-7-20-32(36)41-44-33-21-8-10-23-37(33)46(41)39-25-12-11-24-38(39)45/h1-27H. The molecule has 0 radical (unpaired) electrons. The Hall–Kier alpha value is -6.33. The van der Waals surface area contributed by atoms with E-state index in [1.54, 1.807) is 0 Å². The number of anilines is 3. The van der Waals surface area contributed by atoms with Gasteiger partial charge in [-0.2, -0.15) is 0 Å². The van der Waals surface area contributed by atoms with Gasteiger partial charge >= 0.3 is 0 Å². The number of hydrogen-bond acceptors (Lipinski definition) is 4. The van der Waals surface area contributed by atoms with Crippen LogP contribution in [0, 0.1) is 0 Å². The van der Waals surface area contributed by atoms with Gasteiger partial charge in [0.05, 0.1) is 39.5 Å². The highest BCUT2D eigenvalue weighted by atomic mass is 15.2. The van der Waals surface area contributed by atoms with Gasteiger partial charge in [0.2, 0.25) is 0 Å². The minimum Gasteiger partial charge on any atom is -0.308 e. The van der Waals surface area contributed by atoms with E-state index in [-0.39, 0.29) is 0 Å². The molecule has 5 heteroatoms. The van der Waals surface area contributed by atoms with Crippen LogP contribution in [-0.4, -0.2) is 19.5 Å². The van der Waals surface area contributed by atoms with Gasteiger partial charge in [-0.05, 0) is 54.6 Å². The summed E-state index contributed by atoms with van der Waals surface area (Å²) in [7, 11) is 0. The van der Waals surface area contributed by atoms with Crippen molar-refractivity contribution in [2.75, 3.05) is 4.90 Å². The molecule has 1 aliphatic rings. The lowest BCUT2D eigenvalue weighted by Gasteiger charge is -2.27. The van der Waals surface area contributed by atoms with Crippen molar-refractivity contribution < 1.29 is 0 Å². The van der Waals surface area contributed by atoms with Crippen LogP contribution in [0.25, 0.3) is 62.0 Å². The molecule has 9 rings (SSSR count). The molecule has 3 heterocycles. The van der Waals surface area contributed by atoms with E-state index >= 15 is 0 Å². The van der Waals surface area contributed by atoms with E-state index in [0.29, 0.717) is 5.82 Å². The summed E-state index contributed by atoms with van der Waals surface area (Å²) in [4.78, 5) is 17.7. The van der Waals surface area contributed by atoms with Gasteiger partial charge in [0, 0.05) is 27.9 Å². The zero-order valence-corrected chi connectivity index (χ0v) is 24.8. The molecule has 0 amide bonds. The first-order valence-corrected chi connectivity index (χ1v) is 15.4. The summed E-state index contributed by atoms with van der Waals surface area (Å²) in [5, 5.41) is 0. The number of imidazole rings is 1. The minimum atomic E-state index is 0.678. The van der Waals surface area contributed by atoms with E-state index in [2.05, 4.69) is 131 Å². The van der Waals surface area contributed by atoms with Crippen molar-refractivity contribution in [2.24, 2.45) is 0 Å². The number of hydrogen-bond donors (Lipinski definition) is 0. The van der Waals surface area contributed by atoms with E-state index in [4.69, 9.17) is 15.0 Å². The smallest absolute Gasteiger partial charge is 0.160 e. The zero-order valence-electron chi connectivity index (χ0n) is 24.8. The maximum absolute atomic E-state index is 5.14. The lowest BCUT2D eigenvalue weighted by atomic mass is 10.1. The number of benzene rings is 6. The van der Waals surface area contributed by atoms with Crippen LogP contribution in [0.3, 0.4) is 0 Å². The lowest BCUT2D eigenvalue weighted by Crippen LogP contribution is -2.11. The second-order valence-corrected chi connectivity index (χ2v) is 11.3. The van der Waals surface area contributed by atoms with E-state index in [1.165, 1.54) is 0 Å². The van der Waals surface area contributed by atoms with Gasteiger partial charge in [0.1, 0.15) is 5.82 Å². The zero-order chi connectivity index (χ0) is 30.5. The van der Waals surface area contributed by atoms with Crippen LogP contribution in [0.2, 0.25) is 0 Å². The van der Waals surface area contributed by atoms with Gasteiger partial charge in [0.25, 0.3) is 0 Å². The maximum Gasteiger partial charge on any atom is 0.160 e. The number of rotatable bonds is 4. The SMILES string of the molecule is c1ccc(-c2cc(-c3ccccc3)nc(-c3cccc(N4c5ccccc5-c5nc6ccccc6n5-c5ccccc54)c3)n2)cc1. The molecule has 5 nitrogen and oxygen atoms in total. The fourth-order valence-corrected chi connectivity index (χ4v) is 6.43. The monoisotopic (exact) mass is 589 g/mol. The molecule has 216 valence electrons. The van der Waals surface area contributed by atoms with E-state index < -0.39 is 0 Å². The topological polar surface area (TPSA) is 46.8 Å². The Morgan fingerprint density at radius 2 is 1.00 bits per heavy atom. The summed E-state index contributed by atoms with van der Waals surface area (Å²) in [5.41, 5.74) is 12.1. The lowest BCUT2D eigenvalue weighted by molar-refractivity contribution is 1.11. The van der Waals surface area contributed by atoms with Gasteiger partial charge in [-0.3, -0.25) is 4.57 Å². The van der Waals surface area contributed by atoms with Gasteiger partial charge in [-0.1, -0.05) is 109 Å². The third kappa shape index (κ3) is 4.29. The second-order valence-electron chi connectivity index (χ2n) is 11.3.